The second kappa shape index (κ2) is 12.6. The third kappa shape index (κ3) is 5.71. The average Bonchev–Trinajstić information content (AvgIpc) is 3.26. The van der Waals surface area contributed by atoms with Crippen molar-refractivity contribution in [1.29, 1.82) is 0 Å². The first kappa shape index (κ1) is 29.9. The third-order valence-corrected chi connectivity index (χ3v) is 9.10. The maximum absolute atomic E-state index is 13.6. The number of aromatic amines is 1. The van der Waals surface area contributed by atoms with Crippen molar-refractivity contribution >= 4 is 26.8 Å². The molecule has 0 unspecified atom stereocenters. The summed E-state index contributed by atoms with van der Waals surface area (Å²) in [6.45, 7) is 10.4. The number of piperazine rings is 1. The molecule has 40 heavy (non-hydrogen) atoms. The van der Waals surface area contributed by atoms with Crippen molar-refractivity contribution in [3.8, 4) is 17.1 Å². The van der Waals surface area contributed by atoms with E-state index in [1.54, 1.807) is 10.6 Å². The molecule has 12 heteroatoms. The first-order valence-corrected chi connectivity index (χ1v) is 15.4. The Balaban J connectivity index is 1.86. The molecule has 0 radical (unpaired) electrons. The molecule has 3 aromatic rings. The quantitative estimate of drug-likeness (QED) is 0.316. The smallest absolute Gasteiger partial charge is 0.275 e. The zero-order chi connectivity index (χ0) is 29.0. The van der Waals surface area contributed by atoms with Crippen LogP contribution in [0.4, 0.5) is 0 Å². The zero-order valence-corrected chi connectivity index (χ0v) is 24.5. The SMILES string of the molecule is CCCOc1ccc(S(=O)(=O)N2CCN(CCO)CC2)cc1-c1nc2c(CCC)c(C(C)=O)n(CC)c2c(=O)[nH]1. The lowest BCUT2D eigenvalue weighted by atomic mass is 10.1. The Morgan fingerprint density at radius 2 is 1.85 bits per heavy atom. The second-order valence-electron chi connectivity index (χ2n) is 9.97. The molecule has 218 valence electrons. The monoisotopic (exact) mass is 573 g/mol. The predicted molar refractivity (Wildman–Crippen MR) is 154 cm³/mol. The van der Waals surface area contributed by atoms with Gasteiger partial charge in [0.05, 0.1) is 29.4 Å². The van der Waals surface area contributed by atoms with Crippen LogP contribution in [-0.4, -0.2) is 89.0 Å². The summed E-state index contributed by atoms with van der Waals surface area (Å²) in [4.78, 5) is 35.9. The summed E-state index contributed by atoms with van der Waals surface area (Å²) in [5, 5.41) is 9.20. The van der Waals surface area contributed by atoms with Crippen LogP contribution in [0.1, 0.15) is 56.6 Å². The lowest BCUT2D eigenvalue weighted by Gasteiger charge is -2.33. The van der Waals surface area contributed by atoms with Crippen LogP contribution < -0.4 is 10.3 Å². The number of ether oxygens (including phenoxy) is 1. The molecule has 0 aliphatic carbocycles. The van der Waals surface area contributed by atoms with Gasteiger partial charge in [0.25, 0.3) is 5.56 Å². The Hall–Kier alpha value is -3.06. The number of rotatable bonds is 12. The number of nitrogens with one attached hydrogen (secondary N) is 1. The molecule has 1 aliphatic heterocycles. The maximum Gasteiger partial charge on any atom is 0.275 e. The fourth-order valence-electron chi connectivity index (χ4n) is 5.32. The van der Waals surface area contributed by atoms with Gasteiger partial charge < -0.3 is 19.4 Å². The van der Waals surface area contributed by atoms with Gasteiger partial charge in [0.15, 0.2) is 5.78 Å². The minimum absolute atomic E-state index is 0.0282. The average molecular weight is 574 g/mol. The summed E-state index contributed by atoms with van der Waals surface area (Å²) in [7, 11) is -3.84. The van der Waals surface area contributed by atoms with Gasteiger partial charge in [0.2, 0.25) is 10.0 Å². The van der Waals surface area contributed by atoms with E-state index in [0.29, 0.717) is 80.3 Å². The van der Waals surface area contributed by atoms with E-state index in [0.717, 1.165) is 18.4 Å². The molecular weight excluding hydrogens is 534 g/mol. The van der Waals surface area contributed by atoms with E-state index < -0.39 is 15.6 Å². The highest BCUT2D eigenvalue weighted by Crippen LogP contribution is 2.33. The highest BCUT2D eigenvalue weighted by atomic mass is 32.2. The molecular formula is C28H39N5O6S. The maximum atomic E-state index is 13.6. The Morgan fingerprint density at radius 1 is 1.12 bits per heavy atom. The van der Waals surface area contributed by atoms with Crippen molar-refractivity contribution < 1.29 is 23.1 Å². The number of carbonyl (C=O) groups is 1. The number of carbonyl (C=O) groups excluding carboxylic acids is 1. The number of ketones is 1. The molecule has 11 nitrogen and oxygen atoms in total. The summed E-state index contributed by atoms with van der Waals surface area (Å²) in [5.41, 5.74) is 1.95. The zero-order valence-electron chi connectivity index (χ0n) is 23.7. The first-order valence-electron chi connectivity index (χ1n) is 13.9. The number of H-pyrrole nitrogens is 1. The molecule has 0 saturated carbocycles. The molecule has 0 atom stereocenters. The van der Waals surface area contributed by atoms with Crippen LogP contribution in [0.2, 0.25) is 0 Å². The normalized spacial score (nSPS) is 15.1. The lowest BCUT2D eigenvalue weighted by Crippen LogP contribution is -2.49. The van der Waals surface area contributed by atoms with Crippen molar-refractivity contribution in [3.63, 3.8) is 0 Å². The second-order valence-corrected chi connectivity index (χ2v) is 11.9. The van der Waals surface area contributed by atoms with Gasteiger partial charge in [-0.1, -0.05) is 20.3 Å². The molecule has 0 bridgehead atoms. The van der Waals surface area contributed by atoms with Crippen molar-refractivity contribution in [2.45, 2.75) is 58.4 Å². The topological polar surface area (TPSA) is 138 Å². The van der Waals surface area contributed by atoms with Gasteiger partial charge in [-0.3, -0.25) is 14.5 Å². The van der Waals surface area contributed by atoms with Crippen LogP contribution in [0.3, 0.4) is 0 Å². The van der Waals surface area contributed by atoms with E-state index in [1.807, 2.05) is 25.7 Å². The standard InChI is InChI=1S/C28H39N5O6S/c1-5-8-21-24-26(33(7-3)25(21)19(4)35)28(36)30-27(29-24)22-18-20(9-10-23(22)39-17-6-2)40(37,38)32-13-11-31(12-14-32)15-16-34/h9-10,18,34H,5-8,11-17H2,1-4H3,(H,29,30,36). The Bertz CT molecular complexity index is 1540. The molecule has 1 saturated heterocycles. The van der Waals surface area contributed by atoms with Crippen LogP contribution in [0, 0.1) is 0 Å². The van der Waals surface area contributed by atoms with Gasteiger partial charge in [0, 0.05) is 51.8 Å². The van der Waals surface area contributed by atoms with Gasteiger partial charge in [-0.15, -0.1) is 0 Å². The molecule has 0 amide bonds. The summed E-state index contributed by atoms with van der Waals surface area (Å²) < 4.78 is 36.4. The number of nitrogens with zero attached hydrogens (tertiary/aromatic N) is 4. The molecule has 4 rings (SSSR count). The largest absolute Gasteiger partial charge is 0.493 e. The van der Waals surface area contributed by atoms with Crippen LogP contribution in [0.5, 0.6) is 5.75 Å². The first-order chi connectivity index (χ1) is 19.2. The van der Waals surface area contributed by atoms with Crippen LogP contribution in [0.15, 0.2) is 27.9 Å². The number of aliphatic hydroxyl groups is 1. The number of aryl methyl sites for hydroxylation is 2. The van der Waals surface area contributed by atoms with Crippen molar-refractivity contribution in [1.82, 2.24) is 23.7 Å². The fourth-order valence-corrected chi connectivity index (χ4v) is 6.77. The van der Waals surface area contributed by atoms with E-state index in [9.17, 15) is 23.1 Å². The number of Topliss-reactive ketones (excluding diaryl/α,β-unsaturated/α-hetero) is 1. The third-order valence-electron chi connectivity index (χ3n) is 7.21. The van der Waals surface area contributed by atoms with Gasteiger partial charge >= 0.3 is 0 Å². The summed E-state index contributed by atoms with van der Waals surface area (Å²) in [6.07, 6.45) is 2.07. The number of fused-ring (bicyclic) bond motifs is 1. The minimum Gasteiger partial charge on any atom is -0.493 e. The van der Waals surface area contributed by atoms with Gasteiger partial charge in [0.1, 0.15) is 22.6 Å². The summed E-state index contributed by atoms with van der Waals surface area (Å²) in [6, 6.07) is 4.63. The number of β-amino-alcohol motifs (C(OH)–C–C–N with tert-alkyl or cyclic N) is 1. The fraction of sp³-hybridized carbons (Fsp3) is 0.536. The van der Waals surface area contributed by atoms with Crippen LogP contribution >= 0.6 is 0 Å². The Kier molecular flexibility index (Phi) is 9.44. The van der Waals surface area contributed by atoms with Crippen molar-refractivity contribution in [2.24, 2.45) is 0 Å². The molecule has 1 fully saturated rings. The van der Waals surface area contributed by atoms with E-state index in [1.165, 1.54) is 23.4 Å². The number of aromatic nitrogens is 3. The molecule has 1 aromatic carbocycles. The minimum atomic E-state index is -3.84. The van der Waals surface area contributed by atoms with Crippen LogP contribution in [0.25, 0.3) is 22.4 Å². The summed E-state index contributed by atoms with van der Waals surface area (Å²) >= 11 is 0. The van der Waals surface area contributed by atoms with Gasteiger partial charge in [-0.25, -0.2) is 13.4 Å². The van der Waals surface area contributed by atoms with Gasteiger partial charge in [-0.05, 0) is 38.0 Å². The van der Waals surface area contributed by atoms with Crippen molar-refractivity contribution in [3.05, 3.63) is 39.8 Å². The molecule has 1 aliphatic rings. The number of aliphatic hydroxyl groups excluding tert-OH is 1. The number of hydrogen-bond acceptors (Lipinski definition) is 8. The molecule has 2 N–H and O–H groups in total. The van der Waals surface area contributed by atoms with E-state index >= 15 is 0 Å². The van der Waals surface area contributed by atoms with Crippen molar-refractivity contribution in [2.75, 3.05) is 45.9 Å². The Labute approximate surface area is 234 Å². The van der Waals surface area contributed by atoms with E-state index in [-0.39, 0.29) is 23.1 Å². The van der Waals surface area contributed by atoms with Crippen LogP contribution in [-0.2, 0) is 23.0 Å². The molecule has 3 heterocycles. The summed E-state index contributed by atoms with van der Waals surface area (Å²) in [5.74, 6) is 0.465. The number of benzene rings is 1. The lowest BCUT2D eigenvalue weighted by molar-refractivity contribution is 0.100. The number of hydrogen-bond donors (Lipinski definition) is 2. The number of sulfonamides is 1. The highest BCUT2D eigenvalue weighted by molar-refractivity contribution is 7.89. The Morgan fingerprint density at radius 3 is 2.45 bits per heavy atom. The molecule has 2 aromatic heterocycles. The van der Waals surface area contributed by atoms with E-state index in [2.05, 4.69) is 4.98 Å². The van der Waals surface area contributed by atoms with Gasteiger partial charge in [-0.2, -0.15) is 4.31 Å². The highest BCUT2D eigenvalue weighted by Gasteiger charge is 2.30. The predicted octanol–water partition coefficient (Wildman–Crippen LogP) is 2.65. The van der Waals surface area contributed by atoms with E-state index in [4.69, 9.17) is 9.72 Å². The molecule has 0 spiro atoms.